The normalized spacial score (nSPS) is 21.9. The van der Waals surface area contributed by atoms with E-state index in [1.54, 1.807) is 24.4 Å². The van der Waals surface area contributed by atoms with E-state index in [-0.39, 0.29) is 17.8 Å². The minimum Gasteiger partial charge on any atom is -0.506 e. The van der Waals surface area contributed by atoms with Crippen molar-refractivity contribution in [1.29, 1.82) is 0 Å². The Bertz CT molecular complexity index is 1060. The van der Waals surface area contributed by atoms with E-state index >= 15 is 0 Å². The van der Waals surface area contributed by atoms with Crippen molar-refractivity contribution in [2.24, 2.45) is 0 Å². The molecule has 2 aliphatic rings. The Morgan fingerprint density at radius 2 is 1.93 bits per heavy atom. The smallest absolute Gasteiger partial charge is 0.174 e. The molecule has 154 valence electrons. The van der Waals surface area contributed by atoms with Gasteiger partial charge >= 0.3 is 0 Å². The number of pyridine rings is 1. The summed E-state index contributed by atoms with van der Waals surface area (Å²) in [6.45, 7) is 0. The molecule has 2 N–H and O–H groups in total. The predicted octanol–water partition coefficient (Wildman–Crippen LogP) is 5.53. The van der Waals surface area contributed by atoms with Gasteiger partial charge in [0.1, 0.15) is 11.8 Å². The van der Waals surface area contributed by atoms with Crippen LogP contribution < -0.4 is 10.2 Å². The zero-order valence-electron chi connectivity index (χ0n) is 16.4. The van der Waals surface area contributed by atoms with E-state index in [1.807, 2.05) is 23.1 Å². The van der Waals surface area contributed by atoms with Crippen molar-refractivity contribution in [1.82, 2.24) is 14.9 Å². The molecule has 3 heterocycles. The number of anilines is 1. The Balaban J connectivity index is 1.66. The summed E-state index contributed by atoms with van der Waals surface area (Å²) >= 11 is 12.0. The van der Waals surface area contributed by atoms with Crippen molar-refractivity contribution < 1.29 is 5.11 Å². The summed E-state index contributed by atoms with van der Waals surface area (Å²) in [6.07, 6.45) is 8.84. The van der Waals surface area contributed by atoms with Gasteiger partial charge in [0, 0.05) is 29.2 Å². The van der Waals surface area contributed by atoms with Gasteiger partial charge in [-0.1, -0.05) is 30.5 Å². The Morgan fingerprint density at radius 1 is 1.10 bits per heavy atom. The third-order valence-corrected chi connectivity index (χ3v) is 6.68. The Morgan fingerprint density at radius 3 is 2.70 bits per heavy atom. The predicted molar refractivity (Wildman–Crippen MR) is 123 cm³/mol. The summed E-state index contributed by atoms with van der Waals surface area (Å²) in [5.74, 6) is 0.147. The van der Waals surface area contributed by atoms with Crippen LogP contribution >= 0.6 is 23.8 Å². The van der Waals surface area contributed by atoms with Gasteiger partial charge in [0.25, 0.3) is 0 Å². The number of aromatic nitrogens is 2. The molecule has 2 atom stereocenters. The van der Waals surface area contributed by atoms with Gasteiger partial charge < -0.3 is 19.9 Å². The maximum atomic E-state index is 10.7. The molecule has 2 fully saturated rings. The lowest BCUT2D eigenvalue weighted by Crippen LogP contribution is -2.30. The quantitative estimate of drug-likeness (QED) is 0.524. The van der Waals surface area contributed by atoms with Crippen LogP contribution in [0.3, 0.4) is 0 Å². The number of aromatic hydroxyl groups is 1. The minimum absolute atomic E-state index is 0.146. The van der Waals surface area contributed by atoms with Gasteiger partial charge in [-0.05, 0) is 67.5 Å². The fourth-order valence-corrected chi connectivity index (χ4v) is 5.28. The summed E-state index contributed by atoms with van der Waals surface area (Å²) in [7, 11) is 0. The number of nitrogens with one attached hydrogen (secondary N) is 1. The van der Waals surface area contributed by atoms with E-state index in [1.165, 1.54) is 25.7 Å². The van der Waals surface area contributed by atoms with E-state index in [9.17, 15) is 5.11 Å². The van der Waals surface area contributed by atoms with Crippen molar-refractivity contribution >= 4 is 34.6 Å². The van der Waals surface area contributed by atoms with Crippen molar-refractivity contribution in [3.8, 4) is 5.75 Å². The molecule has 0 amide bonds. The molecule has 0 bridgehead atoms. The number of halogens is 1. The lowest BCUT2D eigenvalue weighted by molar-refractivity contribution is 0.454. The van der Waals surface area contributed by atoms with E-state index in [2.05, 4.69) is 33.2 Å². The molecular weight excluding hydrogens is 416 g/mol. The molecule has 3 aromatic rings. The standard InChI is InChI=1S/C23H23ClN4OS/c24-15-10-11-20(29)19(14-15)28-22(18-9-5-13-27(18)16-6-1-2-7-16)21(26-23(28)30)17-8-3-4-12-25-17/h3-5,8-14,16,21-22,29H,1-2,6-7H2,(H,26,30)/t21-,22-/m1/s1. The van der Waals surface area contributed by atoms with E-state index in [0.29, 0.717) is 21.9 Å². The number of thiocarbonyl (C=S) groups is 1. The number of phenolic OH excluding ortho intramolecular Hbond substituents is 1. The van der Waals surface area contributed by atoms with Gasteiger partial charge in [-0.15, -0.1) is 0 Å². The number of hydrogen-bond donors (Lipinski definition) is 2. The number of phenols is 1. The SMILES string of the molecule is Oc1ccc(Cl)cc1N1C(=S)N[C@H](c2ccccn2)[C@H]1c1cccn1C1CCCC1. The Kier molecular flexibility index (Phi) is 5.13. The molecular formula is C23H23ClN4OS. The van der Waals surface area contributed by atoms with E-state index in [0.717, 1.165) is 11.4 Å². The summed E-state index contributed by atoms with van der Waals surface area (Å²) in [5.41, 5.74) is 2.67. The molecule has 5 rings (SSSR count). The van der Waals surface area contributed by atoms with Crippen LogP contribution in [-0.2, 0) is 0 Å². The van der Waals surface area contributed by atoms with E-state index in [4.69, 9.17) is 23.8 Å². The van der Waals surface area contributed by atoms with Gasteiger partial charge in [-0.3, -0.25) is 4.98 Å². The van der Waals surface area contributed by atoms with Crippen LogP contribution in [0.4, 0.5) is 5.69 Å². The van der Waals surface area contributed by atoms with Crippen molar-refractivity contribution in [2.45, 2.75) is 43.8 Å². The Hall–Kier alpha value is -2.57. The first kappa shape index (κ1) is 19.4. The second-order valence-corrected chi connectivity index (χ2v) is 8.73. The molecule has 0 unspecified atom stereocenters. The van der Waals surface area contributed by atoms with Gasteiger partial charge in [0.05, 0.1) is 17.4 Å². The topological polar surface area (TPSA) is 53.3 Å². The summed E-state index contributed by atoms with van der Waals surface area (Å²) in [4.78, 5) is 6.59. The number of rotatable bonds is 4. The summed E-state index contributed by atoms with van der Waals surface area (Å²) in [6, 6.07) is 15.4. The first-order valence-electron chi connectivity index (χ1n) is 10.3. The van der Waals surface area contributed by atoms with Crippen LogP contribution in [0.1, 0.15) is 55.2 Å². The molecule has 7 heteroatoms. The lowest BCUT2D eigenvalue weighted by atomic mass is 10.00. The van der Waals surface area contributed by atoms with Crippen LogP contribution in [0.25, 0.3) is 0 Å². The first-order chi connectivity index (χ1) is 14.6. The Labute approximate surface area is 186 Å². The molecule has 0 spiro atoms. The van der Waals surface area contributed by atoms with Gasteiger partial charge in [-0.2, -0.15) is 0 Å². The van der Waals surface area contributed by atoms with Crippen molar-refractivity contribution in [3.05, 3.63) is 77.3 Å². The molecule has 30 heavy (non-hydrogen) atoms. The number of benzene rings is 1. The number of nitrogens with zero attached hydrogens (tertiary/aromatic N) is 3. The van der Waals surface area contributed by atoms with Crippen molar-refractivity contribution in [3.63, 3.8) is 0 Å². The molecule has 1 aliphatic heterocycles. The van der Waals surface area contributed by atoms with Crippen molar-refractivity contribution in [2.75, 3.05) is 4.90 Å². The molecule has 1 saturated heterocycles. The number of hydrogen-bond acceptors (Lipinski definition) is 3. The fraction of sp³-hybridized carbons (Fsp3) is 0.304. The van der Waals surface area contributed by atoms with Crippen LogP contribution in [0.15, 0.2) is 60.9 Å². The second-order valence-electron chi connectivity index (χ2n) is 7.91. The zero-order valence-corrected chi connectivity index (χ0v) is 18.0. The molecule has 2 aromatic heterocycles. The average molecular weight is 439 g/mol. The largest absolute Gasteiger partial charge is 0.506 e. The molecule has 1 aliphatic carbocycles. The van der Waals surface area contributed by atoms with Gasteiger partial charge in [-0.25, -0.2) is 0 Å². The van der Waals surface area contributed by atoms with Crippen LogP contribution in [0.2, 0.25) is 5.02 Å². The maximum Gasteiger partial charge on any atom is 0.174 e. The highest BCUT2D eigenvalue weighted by molar-refractivity contribution is 7.80. The van der Waals surface area contributed by atoms with Crippen LogP contribution in [0, 0.1) is 0 Å². The zero-order chi connectivity index (χ0) is 20.7. The lowest BCUT2D eigenvalue weighted by Gasteiger charge is -2.30. The fourth-order valence-electron chi connectivity index (χ4n) is 4.78. The van der Waals surface area contributed by atoms with Gasteiger partial charge in [0.2, 0.25) is 0 Å². The highest BCUT2D eigenvalue weighted by Gasteiger charge is 2.43. The molecule has 0 radical (unpaired) electrons. The third-order valence-electron chi connectivity index (χ3n) is 6.13. The van der Waals surface area contributed by atoms with Crippen LogP contribution in [-0.4, -0.2) is 19.8 Å². The molecule has 1 aromatic carbocycles. The summed E-state index contributed by atoms with van der Waals surface area (Å²) < 4.78 is 2.39. The van der Waals surface area contributed by atoms with Gasteiger partial charge in [0.15, 0.2) is 5.11 Å². The highest BCUT2D eigenvalue weighted by Crippen LogP contribution is 2.46. The highest BCUT2D eigenvalue weighted by atomic mass is 35.5. The average Bonchev–Trinajstić information content (AvgIpc) is 3.49. The molecule has 5 nitrogen and oxygen atoms in total. The summed E-state index contributed by atoms with van der Waals surface area (Å²) in [5, 5.41) is 15.2. The monoisotopic (exact) mass is 438 g/mol. The van der Waals surface area contributed by atoms with Crippen LogP contribution in [0.5, 0.6) is 5.75 Å². The minimum atomic E-state index is -0.160. The maximum absolute atomic E-state index is 10.7. The second kappa shape index (κ2) is 7.93. The van der Waals surface area contributed by atoms with E-state index < -0.39 is 0 Å². The first-order valence-corrected chi connectivity index (χ1v) is 11.1. The molecule has 1 saturated carbocycles. The third kappa shape index (κ3) is 3.34.